The van der Waals surface area contributed by atoms with Gasteiger partial charge in [0.15, 0.2) is 0 Å². The Hall–Kier alpha value is -0.300. The van der Waals surface area contributed by atoms with Crippen LogP contribution in [0.2, 0.25) is 0 Å². The van der Waals surface area contributed by atoms with E-state index in [4.69, 9.17) is 1.43 Å². The zero-order chi connectivity index (χ0) is 6.97. The smallest absolute Gasteiger partial charge is 0.210 e. The van der Waals surface area contributed by atoms with Crippen LogP contribution >= 0.6 is 0 Å². The van der Waals surface area contributed by atoms with E-state index in [-0.39, 0.29) is 0 Å². The van der Waals surface area contributed by atoms with E-state index in [1.807, 2.05) is 0 Å². The van der Waals surface area contributed by atoms with Crippen LogP contribution < -0.4 is 0 Å². The number of aliphatic hydroxyl groups excluding tert-OH is 1. The van der Waals surface area contributed by atoms with Crippen molar-refractivity contribution in [1.82, 2.24) is 0 Å². The minimum absolute atomic E-state index is 0.630. The summed E-state index contributed by atoms with van der Waals surface area (Å²) >= 11 is 0. The van der Waals surface area contributed by atoms with Gasteiger partial charge in [-0.3, -0.25) is 0 Å². The van der Waals surface area contributed by atoms with Gasteiger partial charge in [0, 0.05) is 6.61 Å². The maximum atomic E-state index is 6.62. The molecule has 0 aromatic rings. The fourth-order valence-corrected chi connectivity index (χ4v) is 2.09. The highest BCUT2D eigenvalue weighted by molar-refractivity contribution is 5.09. The average Bonchev–Trinajstić information content (AvgIpc) is 2.48. The molecule has 1 saturated carbocycles. The highest BCUT2D eigenvalue weighted by Gasteiger charge is 2.34. The Labute approximate surface area is 56.9 Å². The fourth-order valence-electron chi connectivity index (χ4n) is 2.09. The van der Waals surface area contributed by atoms with Crippen molar-refractivity contribution < 1.29 is 5.11 Å². The summed E-state index contributed by atoms with van der Waals surface area (Å²) in [6.07, 6.45) is 7.16. The van der Waals surface area contributed by atoms with Crippen molar-refractivity contribution in [3.05, 3.63) is 12.2 Å². The summed E-state index contributed by atoms with van der Waals surface area (Å²) in [5.74, 6) is 2.19. The zero-order valence-corrected chi connectivity index (χ0v) is 5.42. The van der Waals surface area contributed by atoms with Gasteiger partial charge in [-0.1, -0.05) is 12.2 Å². The van der Waals surface area contributed by atoms with Crippen molar-refractivity contribution >= 4 is 0 Å². The van der Waals surface area contributed by atoms with Crippen LogP contribution in [0.1, 0.15) is 12.8 Å². The molecule has 0 aliphatic heterocycles. The summed E-state index contributed by atoms with van der Waals surface area (Å²) in [5, 5.41) is 4.39. The van der Waals surface area contributed by atoms with Crippen molar-refractivity contribution in [2.75, 3.05) is 6.61 Å². The van der Waals surface area contributed by atoms with Crippen molar-refractivity contribution in [2.45, 2.75) is 12.8 Å². The standard InChI is InChI=1S/C8H12O/c9-5-8-4-6-1-2-7(8)3-6/h1-2,6-9H,3-5H2/t6-,7+,8?/m1/s1/i9T. The lowest BCUT2D eigenvalue weighted by Crippen LogP contribution is -2.10. The molecule has 50 valence electrons. The molecular formula is C8H12O. The van der Waals surface area contributed by atoms with E-state index in [1.54, 1.807) is 0 Å². The van der Waals surface area contributed by atoms with Crippen LogP contribution in [0.3, 0.4) is 0 Å². The summed E-state index contributed by atoms with van der Waals surface area (Å²) in [7, 11) is 0. The third-order valence-electron chi connectivity index (χ3n) is 2.63. The van der Waals surface area contributed by atoms with Crippen molar-refractivity contribution in [2.24, 2.45) is 17.8 Å². The predicted molar refractivity (Wildman–Crippen MR) is 35.9 cm³/mol. The molecule has 2 aliphatic carbocycles. The van der Waals surface area contributed by atoms with Gasteiger partial charge in [0.25, 0.3) is 0 Å². The molecule has 2 rings (SSSR count). The number of rotatable bonds is 2. The Morgan fingerprint density at radius 2 is 2.56 bits per heavy atom. The Balaban J connectivity index is 1.96. The van der Waals surface area contributed by atoms with Crippen molar-refractivity contribution in [3.8, 4) is 0 Å². The van der Waals surface area contributed by atoms with E-state index < -0.39 is 0 Å². The van der Waals surface area contributed by atoms with Gasteiger partial charge >= 0.3 is 0 Å². The van der Waals surface area contributed by atoms with Crippen molar-refractivity contribution in [3.63, 3.8) is 0 Å². The Bertz CT molecular complexity index is 155. The summed E-state index contributed by atoms with van der Waals surface area (Å²) < 4.78 is 6.62. The molecule has 1 unspecified atom stereocenters. The summed E-state index contributed by atoms with van der Waals surface area (Å²) in [4.78, 5) is 0. The van der Waals surface area contributed by atoms with Gasteiger partial charge in [-0.2, -0.15) is 0 Å². The third-order valence-corrected chi connectivity index (χ3v) is 2.63. The van der Waals surface area contributed by atoms with Gasteiger partial charge in [0.1, 0.15) is 0 Å². The molecule has 3 atom stereocenters. The Morgan fingerprint density at radius 1 is 1.56 bits per heavy atom. The molecule has 1 nitrogen and oxygen atoms in total. The second-order valence-corrected chi connectivity index (χ2v) is 3.21. The van der Waals surface area contributed by atoms with Crippen LogP contribution in [-0.2, 0) is 0 Å². The molecule has 1 fully saturated rings. The lowest BCUT2D eigenvalue weighted by Gasteiger charge is -2.13. The monoisotopic (exact) mass is 126 g/mol. The van der Waals surface area contributed by atoms with Crippen LogP contribution in [-0.4, -0.2) is 13.1 Å². The maximum Gasteiger partial charge on any atom is 0.210 e. The molecule has 1 N–H and O–H groups in total. The van der Waals surface area contributed by atoms with Gasteiger partial charge in [0.2, 0.25) is 1.43 Å². The molecular weight excluding hydrogens is 112 g/mol. The predicted octanol–water partition coefficient (Wildman–Crippen LogP) is 1.19. The van der Waals surface area contributed by atoms with Crippen LogP contribution in [0.5, 0.6) is 0 Å². The second kappa shape index (κ2) is 1.84. The summed E-state index contributed by atoms with van der Waals surface area (Å²) in [5.41, 5.74) is 0. The molecule has 2 bridgehead atoms. The van der Waals surface area contributed by atoms with Gasteiger partial charge in [-0.05, 0) is 30.6 Å². The highest BCUT2D eigenvalue weighted by Crippen LogP contribution is 2.42. The third kappa shape index (κ3) is 0.715. The minimum atomic E-state index is 0.630. The second-order valence-electron chi connectivity index (χ2n) is 3.21. The van der Waals surface area contributed by atoms with Gasteiger partial charge in [-0.15, -0.1) is 0 Å². The van der Waals surface area contributed by atoms with Crippen LogP contribution in [0, 0.1) is 17.8 Å². The molecule has 0 heterocycles. The van der Waals surface area contributed by atoms with Crippen LogP contribution in [0.25, 0.3) is 0 Å². The zero-order valence-electron chi connectivity index (χ0n) is 6.42. The lowest BCUT2D eigenvalue weighted by molar-refractivity contribution is 0.207. The van der Waals surface area contributed by atoms with E-state index in [0.717, 1.165) is 11.8 Å². The Kier molecular flexibility index (Phi) is 0.922. The first-order valence-corrected chi connectivity index (χ1v) is 3.66. The summed E-state index contributed by atoms with van der Waals surface area (Å²) in [6.45, 7) is 0.630. The van der Waals surface area contributed by atoms with E-state index in [1.165, 1.54) is 12.8 Å². The topological polar surface area (TPSA) is 20.2 Å². The van der Waals surface area contributed by atoms with E-state index >= 15 is 0 Å². The summed E-state index contributed by atoms with van der Waals surface area (Å²) in [6, 6.07) is 0. The quantitative estimate of drug-likeness (QED) is 0.551. The first kappa shape index (κ1) is 4.51. The number of allylic oxidation sites excluding steroid dienone is 2. The Morgan fingerprint density at radius 3 is 3.11 bits per heavy atom. The first-order chi connectivity index (χ1) is 4.90. The largest absolute Gasteiger partial charge is 0.396 e. The molecule has 0 aromatic heterocycles. The molecule has 0 spiro atoms. The molecule has 9 heavy (non-hydrogen) atoms. The van der Waals surface area contributed by atoms with E-state index in [9.17, 15) is 0 Å². The van der Waals surface area contributed by atoms with Crippen molar-refractivity contribution in [1.29, 1.82) is 1.43 Å². The molecule has 0 aromatic carbocycles. The lowest BCUT2D eigenvalue weighted by atomic mass is 9.95. The van der Waals surface area contributed by atoms with Gasteiger partial charge in [-0.25, -0.2) is 0 Å². The molecule has 0 amide bonds. The van der Waals surface area contributed by atoms with Crippen LogP contribution in [0.4, 0.5) is 0 Å². The number of aliphatic hydroxyl groups is 1. The first-order valence-electron chi connectivity index (χ1n) is 4.07. The minimum Gasteiger partial charge on any atom is -0.396 e. The molecule has 1 heteroatoms. The SMILES string of the molecule is [3H]OCC1C[C@@H]2C=C[C@H]1C2. The number of hydrogen-bond donors (Lipinski definition) is 1. The van der Waals surface area contributed by atoms with Gasteiger partial charge < -0.3 is 5.11 Å². The fraction of sp³-hybridized carbons (Fsp3) is 0.750. The molecule has 2 aliphatic rings. The highest BCUT2D eigenvalue weighted by atomic mass is 16.3. The number of fused-ring (bicyclic) bond motifs is 2. The van der Waals surface area contributed by atoms with Crippen LogP contribution in [0.15, 0.2) is 12.2 Å². The molecule has 0 saturated heterocycles. The normalized spacial score (nSPS) is 48.0. The van der Waals surface area contributed by atoms with Gasteiger partial charge in [0.05, 0.1) is 0 Å². The van der Waals surface area contributed by atoms with E-state index in [0.29, 0.717) is 12.5 Å². The van der Waals surface area contributed by atoms with E-state index in [2.05, 4.69) is 17.3 Å². The maximum absolute atomic E-state index is 6.62. The molecule has 0 radical (unpaired) electrons. The number of hydrogen-bond acceptors (Lipinski definition) is 1. The average molecular weight is 126 g/mol.